The van der Waals surface area contributed by atoms with Gasteiger partial charge in [-0.15, -0.1) is 0 Å². The second kappa shape index (κ2) is 9.19. The van der Waals surface area contributed by atoms with Crippen LogP contribution in [0.2, 0.25) is 0 Å². The number of hydrogen-bond donors (Lipinski definition) is 2. The first-order valence-electron chi connectivity index (χ1n) is 5.28. The van der Waals surface area contributed by atoms with E-state index in [1.807, 2.05) is 26.8 Å². The Morgan fingerprint density at radius 1 is 1.43 bits per heavy atom. The number of ether oxygens (including phenoxy) is 1. The van der Waals surface area contributed by atoms with E-state index in [0.29, 0.717) is 13.2 Å². The number of aliphatic hydroxyl groups is 1. The van der Waals surface area contributed by atoms with Crippen LogP contribution in [0.5, 0.6) is 0 Å². The van der Waals surface area contributed by atoms with Gasteiger partial charge in [0.15, 0.2) is 0 Å². The van der Waals surface area contributed by atoms with E-state index in [-0.39, 0.29) is 6.10 Å². The first-order valence-corrected chi connectivity index (χ1v) is 5.28. The number of nitrogens with one attached hydrogen (secondary N) is 1. The minimum atomic E-state index is -0.400. The highest BCUT2D eigenvalue weighted by Crippen LogP contribution is 1.90. The maximum Gasteiger partial charge on any atom is 0.0897 e. The fourth-order valence-electron chi connectivity index (χ4n) is 0.983. The highest BCUT2D eigenvalue weighted by Gasteiger charge is 2.04. The molecule has 0 spiro atoms. The Morgan fingerprint density at radius 2 is 2.14 bits per heavy atom. The van der Waals surface area contributed by atoms with Gasteiger partial charge in [0, 0.05) is 6.54 Å². The van der Waals surface area contributed by atoms with Gasteiger partial charge in [0.2, 0.25) is 0 Å². The van der Waals surface area contributed by atoms with Crippen molar-refractivity contribution < 1.29 is 9.84 Å². The quantitative estimate of drug-likeness (QED) is 0.460. The fourth-order valence-corrected chi connectivity index (χ4v) is 0.983. The summed E-state index contributed by atoms with van der Waals surface area (Å²) in [6.45, 7) is 7.85. The minimum absolute atomic E-state index is 0.188. The summed E-state index contributed by atoms with van der Waals surface area (Å²) in [5.74, 6) is 0. The third-order valence-electron chi connectivity index (χ3n) is 1.73. The Bertz CT molecular complexity index is 146. The molecular weight excluding hydrogens is 178 g/mol. The van der Waals surface area contributed by atoms with Crippen molar-refractivity contribution in [2.45, 2.75) is 39.4 Å². The summed E-state index contributed by atoms with van der Waals surface area (Å²) in [7, 11) is 0. The Labute approximate surface area is 87.2 Å². The summed E-state index contributed by atoms with van der Waals surface area (Å²) in [6, 6.07) is 0. The van der Waals surface area contributed by atoms with Crippen LogP contribution in [0.1, 0.15) is 27.2 Å². The van der Waals surface area contributed by atoms with Crippen LogP contribution in [-0.2, 0) is 4.74 Å². The van der Waals surface area contributed by atoms with Gasteiger partial charge in [0.05, 0.1) is 18.8 Å². The molecular formula is C11H23NO2. The Morgan fingerprint density at radius 3 is 2.71 bits per heavy atom. The van der Waals surface area contributed by atoms with Crippen LogP contribution in [0.4, 0.5) is 0 Å². The maximum absolute atomic E-state index is 9.45. The van der Waals surface area contributed by atoms with Gasteiger partial charge in [-0.1, -0.05) is 12.2 Å². The van der Waals surface area contributed by atoms with Crippen molar-refractivity contribution in [1.82, 2.24) is 5.32 Å². The normalized spacial score (nSPS) is 14.1. The first kappa shape index (κ1) is 13.6. The Kier molecular flexibility index (Phi) is 8.94. The zero-order valence-corrected chi connectivity index (χ0v) is 9.49. The van der Waals surface area contributed by atoms with Crippen LogP contribution in [0.3, 0.4) is 0 Å². The summed E-state index contributed by atoms with van der Waals surface area (Å²) >= 11 is 0. The monoisotopic (exact) mass is 201 g/mol. The molecule has 0 amide bonds. The lowest BCUT2D eigenvalue weighted by Gasteiger charge is -2.13. The molecule has 0 aromatic carbocycles. The van der Waals surface area contributed by atoms with E-state index < -0.39 is 6.10 Å². The number of hydrogen-bond acceptors (Lipinski definition) is 3. The molecule has 14 heavy (non-hydrogen) atoms. The summed E-state index contributed by atoms with van der Waals surface area (Å²) in [6.07, 6.45) is 4.92. The van der Waals surface area contributed by atoms with Crippen molar-refractivity contribution in [2.75, 3.05) is 19.7 Å². The van der Waals surface area contributed by atoms with E-state index >= 15 is 0 Å². The molecule has 0 heterocycles. The molecule has 0 aromatic heterocycles. The summed E-state index contributed by atoms with van der Waals surface area (Å²) < 4.78 is 5.28. The van der Waals surface area contributed by atoms with Crippen LogP contribution >= 0.6 is 0 Å². The van der Waals surface area contributed by atoms with Gasteiger partial charge < -0.3 is 15.2 Å². The van der Waals surface area contributed by atoms with Crippen LogP contribution in [0.25, 0.3) is 0 Å². The lowest BCUT2D eigenvalue weighted by molar-refractivity contribution is 0.00653. The zero-order valence-electron chi connectivity index (χ0n) is 9.49. The lowest BCUT2D eigenvalue weighted by Crippen LogP contribution is -2.31. The van der Waals surface area contributed by atoms with Crippen molar-refractivity contribution in [2.24, 2.45) is 0 Å². The van der Waals surface area contributed by atoms with Crippen molar-refractivity contribution in [1.29, 1.82) is 0 Å². The largest absolute Gasteiger partial charge is 0.389 e. The molecule has 0 bridgehead atoms. The number of aliphatic hydroxyl groups excluding tert-OH is 1. The Balaban J connectivity index is 3.22. The van der Waals surface area contributed by atoms with Crippen LogP contribution < -0.4 is 5.32 Å². The van der Waals surface area contributed by atoms with E-state index in [9.17, 15) is 5.11 Å². The van der Waals surface area contributed by atoms with Gasteiger partial charge in [-0.25, -0.2) is 0 Å². The van der Waals surface area contributed by atoms with Gasteiger partial charge in [0.25, 0.3) is 0 Å². The fraction of sp³-hybridized carbons (Fsp3) is 0.818. The summed E-state index contributed by atoms with van der Waals surface area (Å²) in [5, 5.41) is 12.6. The third-order valence-corrected chi connectivity index (χ3v) is 1.73. The highest BCUT2D eigenvalue weighted by atomic mass is 16.5. The maximum atomic E-state index is 9.45. The molecule has 0 fully saturated rings. The average Bonchev–Trinajstić information content (AvgIpc) is 2.14. The molecule has 0 aliphatic rings. The SMILES string of the molecule is C/C=C/CCNCC(O)COC(C)C. The van der Waals surface area contributed by atoms with Crippen molar-refractivity contribution in [3.8, 4) is 0 Å². The van der Waals surface area contributed by atoms with Gasteiger partial charge >= 0.3 is 0 Å². The second-order valence-electron chi connectivity index (χ2n) is 3.60. The molecule has 0 saturated carbocycles. The smallest absolute Gasteiger partial charge is 0.0897 e. The third kappa shape index (κ3) is 9.71. The summed E-state index contributed by atoms with van der Waals surface area (Å²) in [5.41, 5.74) is 0. The minimum Gasteiger partial charge on any atom is -0.389 e. The number of rotatable bonds is 8. The molecule has 0 radical (unpaired) electrons. The molecule has 0 aliphatic heterocycles. The molecule has 2 N–H and O–H groups in total. The topological polar surface area (TPSA) is 41.5 Å². The predicted octanol–water partition coefficient (Wildman–Crippen LogP) is 1.33. The molecule has 0 aromatic rings. The molecule has 1 unspecified atom stereocenters. The average molecular weight is 201 g/mol. The van der Waals surface area contributed by atoms with Crippen molar-refractivity contribution >= 4 is 0 Å². The van der Waals surface area contributed by atoms with Crippen LogP contribution in [-0.4, -0.2) is 37.0 Å². The lowest BCUT2D eigenvalue weighted by atomic mass is 10.3. The van der Waals surface area contributed by atoms with Gasteiger partial charge in [-0.05, 0) is 33.7 Å². The summed E-state index contributed by atoms with van der Waals surface area (Å²) in [4.78, 5) is 0. The van der Waals surface area contributed by atoms with E-state index in [1.54, 1.807) is 0 Å². The zero-order chi connectivity index (χ0) is 10.8. The Hall–Kier alpha value is -0.380. The van der Waals surface area contributed by atoms with E-state index in [2.05, 4.69) is 11.4 Å². The van der Waals surface area contributed by atoms with Crippen molar-refractivity contribution in [3.05, 3.63) is 12.2 Å². The van der Waals surface area contributed by atoms with Crippen LogP contribution in [0, 0.1) is 0 Å². The molecule has 84 valence electrons. The number of allylic oxidation sites excluding steroid dienone is 1. The standard InChI is InChI=1S/C11H23NO2/c1-4-5-6-7-12-8-11(13)9-14-10(2)3/h4-5,10-13H,6-9H2,1-3H3/b5-4+. The van der Waals surface area contributed by atoms with E-state index in [0.717, 1.165) is 13.0 Å². The molecule has 0 rings (SSSR count). The first-order chi connectivity index (χ1) is 6.66. The molecule has 0 aliphatic carbocycles. The van der Waals surface area contributed by atoms with Gasteiger partial charge in [0.1, 0.15) is 0 Å². The van der Waals surface area contributed by atoms with Gasteiger partial charge in [-0.2, -0.15) is 0 Å². The van der Waals surface area contributed by atoms with Gasteiger partial charge in [-0.3, -0.25) is 0 Å². The molecule has 1 atom stereocenters. The highest BCUT2D eigenvalue weighted by molar-refractivity contribution is 4.77. The molecule has 3 nitrogen and oxygen atoms in total. The molecule has 0 saturated heterocycles. The van der Waals surface area contributed by atoms with E-state index in [4.69, 9.17) is 4.74 Å². The predicted molar refractivity (Wildman–Crippen MR) is 59.4 cm³/mol. The second-order valence-corrected chi connectivity index (χ2v) is 3.60. The van der Waals surface area contributed by atoms with Crippen molar-refractivity contribution in [3.63, 3.8) is 0 Å². The van der Waals surface area contributed by atoms with Crippen LogP contribution in [0.15, 0.2) is 12.2 Å². The molecule has 3 heteroatoms. The van der Waals surface area contributed by atoms with E-state index in [1.165, 1.54) is 0 Å².